The van der Waals surface area contributed by atoms with Crippen LogP contribution >= 0.6 is 46.4 Å². The number of hydrogen-bond donors (Lipinski definition) is 0. The Balaban J connectivity index is 1.76. The minimum absolute atomic E-state index is 0.0839. The third kappa shape index (κ3) is 5.97. The van der Waals surface area contributed by atoms with Crippen molar-refractivity contribution >= 4 is 70.5 Å². The van der Waals surface area contributed by atoms with Gasteiger partial charge < -0.3 is 14.2 Å². The van der Waals surface area contributed by atoms with Gasteiger partial charge in [-0.15, -0.1) is 0 Å². The van der Waals surface area contributed by atoms with Crippen LogP contribution in [-0.4, -0.2) is 38.9 Å². The van der Waals surface area contributed by atoms with Gasteiger partial charge in [-0.1, -0.05) is 88.9 Å². The molecule has 1 aliphatic heterocycles. The molecule has 0 saturated carbocycles. The Hall–Kier alpha value is -2.54. The summed E-state index contributed by atoms with van der Waals surface area (Å²) in [5, 5.41) is 1.81. The zero-order valence-electron chi connectivity index (χ0n) is 19.8. The molecule has 0 bridgehead atoms. The molecular weight excluding hydrogens is 558 g/mol. The number of hydrogen-bond acceptors (Lipinski definition) is 5. The van der Waals surface area contributed by atoms with E-state index in [9.17, 15) is 9.59 Å². The van der Waals surface area contributed by atoms with Gasteiger partial charge in [0.05, 0.1) is 58.2 Å². The lowest BCUT2D eigenvalue weighted by molar-refractivity contribution is -0.140. The topological polar surface area (TPSA) is 61.8 Å². The van der Waals surface area contributed by atoms with Crippen LogP contribution in [0, 0.1) is 11.8 Å². The van der Waals surface area contributed by atoms with Crippen LogP contribution < -0.4 is 0 Å². The summed E-state index contributed by atoms with van der Waals surface area (Å²) in [6.45, 7) is -0.0839. The first-order valence-corrected chi connectivity index (χ1v) is 12.7. The summed E-state index contributed by atoms with van der Waals surface area (Å²) in [6, 6.07) is 10.7. The summed E-state index contributed by atoms with van der Waals surface area (Å²) in [6.07, 6.45) is 9.25. The van der Waals surface area contributed by atoms with Crippen LogP contribution in [-0.2, 0) is 23.8 Å². The van der Waals surface area contributed by atoms with E-state index in [1.54, 1.807) is 24.3 Å². The van der Waals surface area contributed by atoms with Gasteiger partial charge in [-0.2, -0.15) is 0 Å². The van der Waals surface area contributed by atoms with Gasteiger partial charge in [0.1, 0.15) is 0 Å². The van der Waals surface area contributed by atoms with E-state index in [1.165, 1.54) is 14.2 Å². The highest BCUT2D eigenvalue weighted by molar-refractivity contribution is 6.42. The van der Waals surface area contributed by atoms with Crippen LogP contribution in [0.3, 0.4) is 0 Å². The third-order valence-electron chi connectivity index (χ3n) is 6.20. The Kier molecular flexibility index (Phi) is 8.83. The fourth-order valence-corrected chi connectivity index (χ4v) is 5.00. The minimum atomic E-state index is -0.641. The monoisotopic (exact) mass is 578 g/mol. The standard InChI is InChI=1S/C28H22Cl4O5/c1-35-27(33)20-14-37-26-18(8-4-16-6-10-22(30)24(32)12-16)17(13-19(26)25(20)28(34)36-2)7-3-15-5-9-21(29)23(31)11-15/h3-13,17-18,26H,14H2,1-2H3/b7-3+,8-4+/t17-,18+,26-/m1/s1. The van der Waals surface area contributed by atoms with Crippen molar-refractivity contribution in [2.45, 2.75) is 6.10 Å². The van der Waals surface area contributed by atoms with Crippen molar-refractivity contribution in [1.82, 2.24) is 0 Å². The van der Waals surface area contributed by atoms with Crippen molar-refractivity contribution in [2.24, 2.45) is 11.8 Å². The zero-order chi connectivity index (χ0) is 26.7. The maximum Gasteiger partial charge on any atom is 0.338 e. The molecule has 3 atom stereocenters. The predicted octanol–water partition coefficient (Wildman–Crippen LogP) is 7.24. The van der Waals surface area contributed by atoms with Crippen LogP contribution in [0.1, 0.15) is 11.1 Å². The second-order valence-corrected chi connectivity index (χ2v) is 10.0. The van der Waals surface area contributed by atoms with E-state index >= 15 is 0 Å². The quantitative estimate of drug-likeness (QED) is 0.337. The van der Waals surface area contributed by atoms with E-state index in [0.717, 1.165) is 11.1 Å². The second-order valence-electron chi connectivity index (χ2n) is 8.41. The van der Waals surface area contributed by atoms with E-state index in [-0.39, 0.29) is 29.6 Å². The van der Waals surface area contributed by atoms with Gasteiger partial charge in [0.25, 0.3) is 0 Å². The van der Waals surface area contributed by atoms with E-state index in [0.29, 0.717) is 25.7 Å². The van der Waals surface area contributed by atoms with Crippen LogP contribution in [0.2, 0.25) is 20.1 Å². The number of rotatable bonds is 6. The highest BCUT2D eigenvalue weighted by Gasteiger charge is 2.43. The Labute approximate surface area is 234 Å². The molecule has 0 fully saturated rings. The number of carbonyl (C=O) groups excluding carboxylic acids is 2. The number of methoxy groups -OCH3 is 2. The number of carbonyl (C=O) groups is 2. The van der Waals surface area contributed by atoms with E-state index in [1.807, 2.05) is 42.5 Å². The molecule has 0 radical (unpaired) electrons. The van der Waals surface area contributed by atoms with Crippen molar-refractivity contribution in [3.05, 3.63) is 103 Å². The molecule has 2 aromatic carbocycles. The Morgan fingerprint density at radius 3 is 1.95 bits per heavy atom. The van der Waals surface area contributed by atoms with Crippen molar-refractivity contribution in [1.29, 1.82) is 0 Å². The lowest BCUT2D eigenvalue weighted by atomic mass is 9.88. The van der Waals surface area contributed by atoms with Crippen molar-refractivity contribution in [3.8, 4) is 0 Å². The molecule has 192 valence electrons. The summed E-state index contributed by atoms with van der Waals surface area (Å²) >= 11 is 24.5. The molecule has 37 heavy (non-hydrogen) atoms. The van der Waals surface area contributed by atoms with Gasteiger partial charge >= 0.3 is 11.9 Å². The molecule has 5 nitrogen and oxygen atoms in total. The van der Waals surface area contributed by atoms with E-state index < -0.39 is 18.0 Å². The first-order valence-electron chi connectivity index (χ1n) is 11.2. The minimum Gasteiger partial charge on any atom is -0.466 e. The summed E-state index contributed by atoms with van der Waals surface area (Å²) in [5.41, 5.74) is 2.58. The molecule has 0 saturated heterocycles. The van der Waals surface area contributed by atoms with Gasteiger partial charge in [-0.05, 0) is 41.0 Å². The molecule has 2 aromatic rings. The average Bonchev–Trinajstić information content (AvgIpc) is 3.25. The van der Waals surface area contributed by atoms with Gasteiger partial charge in [-0.25, -0.2) is 9.59 Å². The molecule has 0 N–H and O–H groups in total. The van der Waals surface area contributed by atoms with Crippen molar-refractivity contribution in [3.63, 3.8) is 0 Å². The molecular formula is C28H22Cl4O5. The smallest absolute Gasteiger partial charge is 0.338 e. The third-order valence-corrected chi connectivity index (χ3v) is 7.68. The Morgan fingerprint density at radius 1 is 0.838 bits per heavy atom. The fourth-order valence-electron chi connectivity index (χ4n) is 4.39. The summed E-state index contributed by atoms with van der Waals surface area (Å²) < 4.78 is 16.0. The molecule has 1 heterocycles. The lowest BCUT2D eigenvalue weighted by Gasteiger charge is -2.29. The highest BCUT2D eigenvalue weighted by Crippen LogP contribution is 2.43. The van der Waals surface area contributed by atoms with Gasteiger partial charge in [0, 0.05) is 11.8 Å². The van der Waals surface area contributed by atoms with Crippen LogP contribution in [0.4, 0.5) is 0 Å². The molecule has 9 heteroatoms. The summed E-state index contributed by atoms with van der Waals surface area (Å²) in [7, 11) is 2.53. The normalized spacial score (nSPS) is 21.4. The van der Waals surface area contributed by atoms with Crippen molar-refractivity contribution in [2.75, 3.05) is 20.8 Å². The maximum atomic E-state index is 12.8. The molecule has 2 aliphatic rings. The first-order chi connectivity index (χ1) is 17.7. The number of ether oxygens (including phenoxy) is 3. The van der Waals surface area contributed by atoms with E-state index in [2.05, 4.69) is 0 Å². The van der Waals surface area contributed by atoms with Gasteiger partial charge in [-0.3, -0.25) is 0 Å². The molecule has 4 rings (SSSR count). The highest BCUT2D eigenvalue weighted by atomic mass is 35.5. The average molecular weight is 580 g/mol. The number of halogens is 4. The first kappa shape index (κ1) is 27.5. The van der Waals surface area contributed by atoms with Crippen LogP contribution in [0.15, 0.2) is 71.3 Å². The SMILES string of the molecule is COC(=O)C1=C(C(=O)OC)C2=C[C@@H](/C=C/c3ccc(Cl)c(Cl)c3)[C@H](/C=C/c3ccc(Cl)c(Cl)c3)[C@H]2OC1. The van der Waals surface area contributed by atoms with Crippen LogP contribution in [0.25, 0.3) is 12.2 Å². The molecule has 1 aliphatic carbocycles. The number of benzene rings is 2. The maximum absolute atomic E-state index is 12.8. The lowest BCUT2D eigenvalue weighted by Crippen LogP contribution is -2.34. The fraction of sp³-hybridized carbons (Fsp3) is 0.214. The molecule has 0 unspecified atom stereocenters. The second kappa shape index (κ2) is 11.9. The zero-order valence-corrected chi connectivity index (χ0v) is 22.9. The molecule has 0 spiro atoms. The van der Waals surface area contributed by atoms with Crippen LogP contribution in [0.5, 0.6) is 0 Å². The van der Waals surface area contributed by atoms with Crippen molar-refractivity contribution < 1.29 is 23.8 Å². The summed E-state index contributed by atoms with van der Waals surface area (Å²) in [4.78, 5) is 25.2. The molecule has 0 aromatic heterocycles. The van der Waals surface area contributed by atoms with E-state index in [4.69, 9.17) is 60.6 Å². The Bertz CT molecular complexity index is 1360. The van der Waals surface area contributed by atoms with Gasteiger partial charge in [0.2, 0.25) is 0 Å². The predicted molar refractivity (Wildman–Crippen MR) is 147 cm³/mol. The van der Waals surface area contributed by atoms with Gasteiger partial charge in [0.15, 0.2) is 0 Å². The number of allylic oxidation sites excluding steroid dienone is 2. The number of fused-ring (bicyclic) bond motifs is 1. The molecule has 0 amide bonds. The Morgan fingerprint density at radius 2 is 1.41 bits per heavy atom. The number of esters is 2. The summed E-state index contributed by atoms with van der Waals surface area (Å²) in [5.74, 6) is -1.66. The largest absolute Gasteiger partial charge is 0.466 e.